The van der Waals surface area contributed by atoms with Crippen LogP contribution in [0, 0.1) is 0 Å². The van der Waals surface area contributed by atoms with E-state index in [0.29, 0.717) is 51.9 Å². The van der Waals surface area contributed by atoms with Crippen LogP contribution >= 0.6 is 0 Å². The fraction of sp³-hybridized carbons (Fsp3) is 0.720. The summed E-state index contributed by atoms with van der Waals surface area (Å²) in [6.45, 7) is 5.82. The van der Waals surface area contributed by atoms with Gasteiger partial charge in [-0.1, -0.05) is 6.42 Å². The van der Waals surface area contributed by atoms with Gasteiger partial charge in [-0.2, -0.15) is 21.6 Å². The molecule has 0 aliphatic carbocycles. The molecule has 47 heavy (non-hydrogen) atoms. The molecule has 2 fully saturated rings. The third-order valence-electron chi connectivity index (χ3n) is 7.45. The summed E-state index contributed by atoms with van der Waals surface area (Å²) in [5.74, 6) is -1.04. The van der Waals surface area contributed by atoms with Crippen LogP contribution in [0.5, 0.6) is 0 Å². The van der Waals surface area contributed by atoms with Gasteiger partial charge in [-0.05, 0) is 12.8 Å². The number of rotatable bonds is 10. The Morgan fingerprint density at radius 2 is 1.68 bits per heavy atom. The molecule has 2 aromatic rings. The number of nitrogens with two attached hydrogens (primary N) is 1. The smallest absolute Gasteiger partial charge is 0.385 e. The van der Waals surface area contributed by atoms with E-state index >= 15 is 0 Å². The van der Waals surface area contributed by atoms with Crippen LogP contribution in [-0.4, -0.2) is 132 Å². The fourth-order valence-electron chi connectivity index (χ4n) is 5.02. The molecule has 0 radical (unpaired) electrons. The van der Waals surface area contributed by atoms with E-state index in [4.69, 9.17) is 10.5 Å². The number of nitrogens with zero attached hydrogens (tertiary/aromatic N) is 5. The second kappa shape index (κ2) is 17.7. The summed E-state index contributed by atoms with van der Waals surface area (Å²) in [6, 6.07) is 0. The predicted molar refractivity (Wildman–Crippen MR) is 156 cm³/mol. The molecule has 2 saturated heterocycles. The third kappa shape index (κ3) is 10.2. The summed E-state index contributed by atoms with van der Waals surface area (Å²) in [6.07, 6.45) is -3.94. The first kappa shape index (κ1) is 38.9. The molecule has 0 spiro atoms. The number of carbonyl (C=O) groups excluding carboxylic acids is 2. The molecule has 0 bridgehead atoms. The third-order valence-corrected chi connectivity index (χ3v) is 8.49. The van der Waals surface area contributed by atoms with Gasteiger partial charge in [0.1, 0.15) is 24.1 Å². The molecule has 22 heteroatoms. The first-order chi connectivity index (χ1) is 21.9. The van der Waals surface area contributed by atoms with Crippen molar-refractivity contribution >= 4 is 38.9 Å². The number of alkyl halides is 3. The molecule has 2 aliphatic rings. The van der Waals surface area contributed by atoms with Crippen molar-refractivity contribution in [3.05, 3.63) is 12.7 Å². The largest absolute Gasteiger partial charge is 0.523 e. The molecule has 2 amide bonds. The summed E-state index contributed by atoms with van der Waals surface area (Å²) in [5.41, 5.74) is 0.0419. The monoisotopic (exact) mass is 744 g/mol. The number of aliphatic hydroxyl groups is 1. The molecule has 0 unspecified atom stereocenters. The summed E-state index contributed by atoms with van der Waals surface area (Å²) in [4.78, 5) is 39.4. The number of amides is 2. The maximum atomic E-state index is 13.1. The number of unbranched alkanes of at least 4 members (excludes halogenated alkanes) is 2. The molecular weight excluding hydrogens is 707 g/mol. The van der Waals surface area contributed by atoms with Gasteiger partial charge in [0, 0.05) is 84.8 Å². The van der Waals surface area contributed by atoms with E-state index in [1.165, 1.54) is 0 Å². The maximum Gasteiger partial charge on any atom is 0.523 e. The topological polar surface area (TPSA) is 228 Å². The van der Waals surface area contributed by atoms with Gasteiger partial charge in [0.2, 0.25) is 5.91 Å². The number of aliphatic hydroxyl groups excluding tert-OH is 1. The molecule has 2 aromatic heterocycles. The van der Waals surface area contributed by atoms with Crippen LogP contribution in [0.2, 0.25) is 0 Å². The minimum atomic E-state index is -6.22. The first-order valence-corrected chi connectivity index (χ1v) is 16.3. The number of hydrogen-bond acceptors (Lipinski definition) is 14. The van der Waals surface area contributed by atoms with Gasteiger partial charge >= 0.3 is 15.6 Å². The molecular formula is C25H39F3N10O7SZn. The minimum absolute atomic E-state index is 0. The van der Waals surface area contributed by atoms with Crippen LogP contribution in [0.3, 0.4) is 0 Å². The van der Waals surface area contributed by atoms with Crippen molar-refractivity contribution in [3.63, 3.8) is 0 Å². The number of nitrogen functional groups attached to an aromatic ring is 1. The molecule has 2 aliphatic heterocycles. The van der Waals surface area contributed by atoms with E-state index in [-0.39, 0.29) is 48.9 Å². The van der Waals surface area contributed by atoms with Crippen molar-refractivity contribution in [3.8, 4) is 0 Å². The van der Waals surface area contributed by atoms with E-state index in [0.717, 1.165) is 43.4 Å². The Kier molecular flexibility index (Phi) is 14.6. The van der Waals surface area contributed by atoms with Gasteiger partial charge in [-0.3, -0.25) is 18.3 Å². The number of hydrogen-bond donors (Lipinski definition) is 6. The molecule has 7 N–H and O–H groups in total. The van der Waals surface area contributed by atoms with Crippen LogP contribution < -0.4 is 27.0 Å². The zero-order valence-corrected chi connectivity index (χ0v) is 29.4. The Morgan fingerprint density at radius 1 is 1.04 bits per heavy atom. The number of imidazole rings is 1. The Labute approximate surface area is 281 Å². The van der Waals surface area contributed by atoms with Crippen LogP contribution in [0.4, 0.5) is 19.0 Å². The van der Waals surface area contributed by atoms with Gasteiger partial charge in [0.25, 0.3) is 5.91 Å². The summed E-state index contributed by atoms with van der Waals surface area (Å²) in [5, 5.41) is 23.2. The molecule has 0 aromatic carbocycles. The van der Waals surface area contributed by atoms with Crippen molar-refractivity contribution in [2.75, 3.05) is 64.6 Å². The van der Waals surface area contributed by atoms with E-state index in [9.17, 15) is 36.3 Å². The fourth-order valence-corrected chi connectivity index (χ4v) is 5.64. The molecule has 4 rings (SSSR count). The number of anilines is 1. The molecule has 260 valence electrons. The van der Waals surface area contributed by atoms with Gasteiger partial charge < -0.3 is 41.7 Å². The molecule has 4 heterocycles. The second-order valence-corrected chi connectivity index (χ2v) is 12.3. The van der Waals surface area contributed by atoms with Gasteiger partial charge in [0.05, 0.1) is 6.33 Å². The normalized spacial score (nSPS) is 23.4. The van der Waals surface area contributed by atoms with Crippen molar-refractivity contribution in [2.24, 2.45) is 0 Å². The SMILES string of the molecule is Nc1ncnc2c1ncn2[C@@H]1O[C@H](C(=O)NCCCCCC(=O)N2CCNCCNCCNCC2)[C@@H](OS(=O)(=O)C(F)(F)F)[C@H]1O.[Zn]. The molecule has 4 atom stereocenters. The Balaban J connectivity index is 0.00000600. The van der Waals surface area contributed by atoms with Crippen LogP contribution in [-0.2, 0) is 48.1 Å². The van der Waals surface area contributed by atoms with Crippen molar-refractivity contribution < 1.29 is 64.7 Å². The average Bonchev–Trinajstić information content (AvgIpc) is 3.56. The van der Waals surface area contributed by atoms with Crippen LogP contribution in [0.15, 0.2) is 12.7 Å². The average molecular weight is 746 g/mol. The Bertz CT molecular complexity index is 1430. The molecule has 17 nitrogen and oxygen atoms in total. The Morgan fingerprint density at radius 3 is 2.32 bits per heavy atom. The summed E-state index contributed by atoms with van der Waals surface area (Å²) < 4.78 is 74.1. The maximum absolute atomic E-state index is 13.1. The van der Waals surface area contributed by atoms with Gasteiger partial charge in [-0.15, -0.1) is 0 Å². The van der Waals surface area contributed by atoms with Crippen LogP contribution in [0.25, 0.3) is 11.2 Å². The van der Waals surface area contributed by atoms with Crippen LogP contribution in [0.1, 0.15) is 31.9 Å². The predicted octanol–water partition coefficient (Wildman–Crippen LogP) is -1.81. The zero-order chi connectivity index (χ0) is 33.3. The first-order valence-electron chi connectivity index (χ1n) is 14.8. The number of aromatic nitrogens is 4. The van der Waals surface area contributed by atoms with Gasteiger partial charge in [0.15, 0.2) is 23.8 Å². The molecule has 0 saturated carbocycles. The summed E-state index contributed by atoms with van der Waals surface area (Å²) >= 11 is 0. The van der Waals surface area contributed by atoms with E-state index in [1.807, 2.05) is 0 Å². The standard InChI is InChI=1S/C25H39F3N10O7S.Zn/c26-25(27,28)46(42,43)45-19-18(40)24(38-15-36-17-21(29)34-14-35-22(17)38)44-20(19)23(41)33-5-3-1-2-4-16(39)37-12-10-31-8-6-30-7-9-32-11-13-37;/h14-15,18-20,24,30-32,40H,1-13H2,(H,33,41)(H2,29,34,35);/t18-,19+,20+,24-;/m1./s1. The van der Waals surface area contributed by atoms with Crippen molar-refractivity contribution in [1.82, 2.24) is 45.7 Å². The Hall–Kier alpha value is -2.59. The number of nitrogens with one attached hydrogen (secondary N) is 4. The number of fused-ring (bicyclic) bond motifs is 1. The van der Waals surface area contributed by atoms with Gasteiger partial charge in [-0.25, -0.2) is 15.0 Å². The van der Waals surface area contributed by atoms with Crippen molar-refractivity contribution in [1.29, 1.82) is 0 Å². The number of ether oxygens (including phenoxy) is 1. The number of carbonyl (C=O) groups is 2. The van der Waals surface area contributed by atoms with E-state index in [1.54, 1.807) is 4.90 Å². The minimum Gasteiger partial charge on any atom is -0.385 e. The van der Waals surface area contributed by atoms with E-state index < -0.39 is 46.1 Å². The number of halogens is 3. The second-order valence-electron chi connectivity index (χ2n) is 10.7. The van der Waals surface area contributed by atoms with E-state index in [2.05, 4.69) is 40.4 Å². The van der Waals surface area contributed by atoms with Crippen molar-refractivity contribution in [2.45, 2.75) is 55.7 Å². The summed E-state index contributed by atoms with van der Waals surface area (Å²) in [7, 11) is -6.22. The quantitative estimate of drug-likeness (QED) is 0.0682. The zero-order valence-electron chi connectivity index (χ0n) is 25.6.